The van der Waals surface area contributed by atoms with Crippen molar-refractivity contribution < 1.29 is 4.79 Å². The standard InChI is InChI=1S/C12H20N4OS/c1-9(18-12-13-8-14-16-12)11(17)15-10-6-4-2-3-5-7-10/h8-10H,2-7H2,1H3,(H,15,17)(H,13,14,16)/t9-/m1/s1. The van der Waals surface area contributed by atoms with Crippen LogP contribution in [0, 0.1) is 0 Å². The zero-order valence-electron chi connectivity index (χ0n) is 10.7. The first-order valence-electron chi connectivity index (χ1n) is 6.58. The minimum absolute atomic E-state index is 0.100. The van der Waals surface area contributed by atoms with Crippen LogP contribution in [0.1, 0.15) is 45.4 Å². The van der Waals surface area contributed by atoms with E-state index in [0.29, 0.717) is 11.2 Å². The monoisotopic (exact) mass is 268 g/mol. The van der Waals surface area contributed by atoms with E-state index in [2.05, 4.69) is 20.5 Å². The SMILES string of the molecule is C[C@@H](Sc1ncn[nH]1)C(=O)NC1CCCCCC1. The molecule has 1 amide bonds. The van der Waals surface area contributed by atoms with E-state index in [1.165, 1.54) is 43.8 Å². The van der Waals surface area contributed by atoms with Gasteiger partial charge in [0.25, 0.3) is 0 Å². The molecule has 0 spiro atoms. The van der Waals surface area contributed by atoms with E-state index < -0.39 is 0 Å². The largest absolute Gasteiger partial charge is 0.352 e. The Bertz CT molecular complexity index is 360. The van der Waals surface area contributed by atoms with Crippen LogP contribution < -0.4 is 5.32 Å². The van der Waals surface area contributed by atoms with Crippen molar-refractivity contribution in [3.05, 3.63) is 6.33 Å². The molecule has 6 heteroatoms. The predicted octanol–water partition coefficient (Wildman–Crippen LogP) is 2.12. The fourth-order valence-electron chi connectivity index (χ4n) is 2.21. The molecule has 1 fully saturated rings. The third-order valence-corrected chi connectivity index (χ3v) is 4.24. The van der Waals surface area contributed by atoms with Crippen LogP contribution in [0.3, 0.4) is 0 Å². The van der Waals surface area contributed by atoms with Crippen LogP contribution in [0.25, 0.3) is 0 Å². The number of thioether (sulfide) groups is 1. The van der Waals surface area contributed by atoms with Gasteiger partial charge >= 0.3 is 0 Å². The number of carbonyl (C=O) groups excluding carboxylic acids is 1. The normalized spacial score (nSPS) is 19.2. The number of aromatic nitrogens is 3. The van der Waals surface area contributed by atoms with E-state index in [4.69, 9.17) is 0 Å². The molecule has 0 saturated heterocycles. The lowest BCUT2D eigenvalue weighted by Crippen LogP contribution is -2.39. The summed E-state index contributed by atoms with van der Waals surface area (Å²) in [5.41, 5.74) is 0. The van der Waals surface area contributed by atoms with E-state index in [1.54, 1.807) is 0 Å². The molecule has 1 atom stereocenters. The van der Waals surface area contributed by atoms with Gasteiger partial charge in [0.15, 0.2) is 5.16 Å². The van der Waals surface area contributed by atoms with Gasteiger partial charge < -0.3 is 5.32 Å². The zero-order valence-corrected chi connectivity index (χ0v) is 11.5. The molecule has 1 aliphatic rings. The van der Waals surface area contributed by atoms with Crippen molar-refractivity contribution in [2.24, 2.45) is 0 Å². The van der Waals surface area contributed by atoms with Gasteiger partial charge in [-0.3, -0.25) is 9.89 Å². The first kappa shape index (κ1) is 13.4. The predicted molar refractivity (Wildman–Crippen MR) is 71.3 cm³/mol. The van der Waals surface area contributed by atoms with E-state index in [1.807, 2.05) is 6.92 Å². The Morgan fingerprint density at radius 2 is 2.17 bits per heavy atom. The summed E-state index contributed by atoms with van der Waals surface area (Å²) < 4.78 is 0. The molecule has 0 bridgehead atoms. The smallest absolute Gasteiger partial charge is 0.233 e. The average molecular weight is 268 g/mol. The number of carbonyl (C=O) groups is 1. The van der Waals surface area contributed by atoms with Crippen molar-refractivity contribution in [2.75, 3.05) is 0 Å². The molecule has 1 heterocycles. The molecular formula is C12H20N4OS. The molecule has 18 heavy (non-hydrogen) atoms. The highest BCUT2D eigenvalue weighted by molar-refractivity contribution is 8.00. The summed E-state index contributed by atoms with van der Waals surface area (Å²) in [6.45, 7) is 1.90. The molecule has 2 rings (SSSR count). The van der Waals surface area contributed by atoms with Crippen LogP contribution in [0.5, 0.6) is 0 Å². The second-order valence-corrected chi connectivity index (χ2v) is 6.08. The molecule has 0 aliphatic heterocycles. The van der Waals surface area contributed by atoms with Crippen molar-refractivity contribution in [3.8, 4) is 0 Å². The third-order valence-electron chi connectivity index (χ3n) is 3.25. The van der Waals surface area contributed by atoms with Crippen molar-refractivity contribution in [1.82, 2.24) is 20.5 Å². The number of H-pyrrole nitrogens is 1. The van der Waals surface area contributed by atoms with Gasteiger partial charge in [-0.2, -0.15) is 5.10 Å². The van der Waals surface area contributed by atoms with Gasteiger partial charge in [-0.15, -0.1) is 0 Å². The van der Waals surface area contributed by atoms with Crippen LogP contribution in [-0.4, -0.2) is 32.4 Å². The second kappa shape index (κ2) is 6.78. The van der Waals surface area contributed by atoms with Gasteiger partial charge in [0.2, 0.25) is 5.91 Å². The summed E-state index contributed by atoms with van der Waals surface area (Å²) in [5, 5.41) is 10.2. The Hall–Kier alpha value is -1.04. The summed E-state index contributed by atoms with van der Waals surface area (Å²) in [7, 11) is 0. The number of nitrogens with zero attached hydrogens (tertiary/aromatic N) is 2. The van der Waals surface area contributed by atoms with Crippen molar-refractivity contribution in [1.29, 1.82) is 0 Å². The molecule has 1 aromatic rings. The molecule has 0 radical (unpaired) electrons. The van der Waals surface area contributed by atoms with Gasteiger partial charge in [0, 0.05) is 6.04 Å². The van der Waals surface area contributed by atoms with Crippen LogP contribution in [0.2, 0.25) is 0 Å². The van der Waals surface area contributed by atoms with Crippen LogP contribution >= 0.6 is 11.8 Å². The highest BCUT2D eigenvalue weighted by atomic mass is 32.2. The lowest BCUT2D eigenvalue weighted by Gasteiger charge is -2.18. The number of nitrogens with one attached hydrogen (secondary N) is 2. The fourth-order valence-corrected chi connectivity index (χ4v) is 2.94. The Labute approximate surface area is 112 Å². The first-order valence-corrected chi connectivity index (χ1v) is 7.46. The Kier molecular flexibility index (Phi) is 5.04. The van der Waals surface area contributed by atoms with Crippen molar-refractivity contribution in [2.45, 2.75) is 61.9 Å². The zero-order chi connectivity index (χ0) is 12.8. The second-order valence-electron chi connectivity index (χ2n) is 4.75. The molecule has 0 unspecified atom stereocenters. The highest BCUT2D eigenvalue weighted by Gasteiger charge is 2.20. The summed E-state index contributed by atoms with van der Waals surface area (Å²) >= 11 is 1.41. The average Bonchev–Trinajstić information content (AvgIpc) is 2.72. The summed E-state index contributed by atoms with van der Waals surface area (Å²) in [6, 6.07) is 0.359. The van der Waals surface area contributed by atoms with E-state index in [0.717, 1.165) is 12.8 Å². The van der Waals surface area contributed by atoms with Gasteiger partial charge in [-0.1, -0.05) is 37.4 Å². The van der Waals surface area contributed by atoms with E-state index >= 15 is 0 Å². The van der Waals surface area contributed by atoms with E-state index in [-0.39, 0.29) is 11.2 Å². The maximum absolute atomic E-state index is 12.1. The minimum atomic E-state index is -0.138. The summed E-state index contributed by atoms with van der Waals surface area (Å²) in [6.07, 6.45) is 8.75. The number of hydrogen-bond donors (Lipinski definition) is 2. The lowest BCUT2D eigenvalue weighted by molar-refractivity contribution is -0.121. The fraction of sp³-hybridized carbons (Fsp3) is 0.750. The maximum atomic E-state index is 12.1. The van der Waals surface area contributed by atoms with Crippen LogP contribution in [0.15, 0.2) is 11.5 Å². The highest BCUT2D eigenvalue weighted by Crippen LogP contribution is 2.20. The topological polar surface area (TPSA) is 70.7 Å². The minimum Gasteiger partial charge on any atom is -0.352 e. The van der Waals surface area contributed by atoms with Crippen LogP contribution in [-0.2, 0) is 4.79 Å². The van der Waals surface area contributed by atoms with Gasteiger partial charge in [0.1, 0.15) is 6.33 Å². The first-order chi connectivity index (χ1) is 8.75. The summed E-state index contributed by atoms with van der Waals surface area (Å²) in [4.78, 5) is 16.1. The number of rotatable bonds is 4. The molecular weight excluding hydrogens is 248 g/mol. The molecule has 2 N–H and O–H groups in total. The Morgan fingerprint density at radius 1 is 1.44 bits per heavy atom. The molecule has 100 valence electrons. The number of hydrogen-bond acceptors (Lipinski definition) is 4. The number of amides is 1. The van der Waals surface area contributed by atoms with Crippen LogP contribution in [0.4, 0.5) is 0 Å². The van der Waals surface area contributed by atoms with Gasteiger partial charge in [-0.05, 0) is 19.8 Å². The van der Waals surface area contributed by atoms with Gasteiger partial charge in [-0.25, -0.2) is 4.98 Å². The molecule has 1 saturated carbocycles. The summed E-state index contributed by atoms with van der Waals surface area (Å²) in [5.74, 6) is 0.100. The molecule has 0 aromatic carbocycles. The Balaban J connectivity index is 1.79. The molecule has 5 nitrogen and oxygen atoms in total. The van der Waals surface area contributed by atoms with Crippen molar-refractivity contribution in [3.63, 3.8) is 0 Å². The van der Waals surface area contributed by atoms with Crippen molar-refractivity contribution >= 4 is 17.7 Å². The lowest BCUT2D eigenvalue weighted by atomic mass is 10.1. The quantitative estimate of drug-likeness (QED) is 0.648. The third kappa shape index (κ3) is 4.01. The molecule has 1 aliphatic carbocycles. The Morgan fingerprint density at radius 3 is 2.78 bits per heavy atom. The van der Waals surface area contributed by atoms with Gasteiger partial charge in [0.05, 0.1) is 5.25 Å². The molecule has 1 aromatic heterocycles. The number of aromatic amines is 1. The van der Waals surface area contributed by atoms with E-state index in [9.17, 15) is 4.79 Å². The maximum Gasteiger partial charge on any atom is 0.233 e.